The molecular formula is C13H18O4. The lowest BCUT2D eigenvalue weighted by Gasteiger charge is -2.10. The van der Waals surface area contributed by atoms with Gasteiger partial charge in [0.15, 0.2) is 6.10 Å². The van der Waals surface area contributed by atoms with Crippen LogP contribution in [0.15, 0.2) is 24.3 Å². The van der Waals surface area contributed by atoms with Crippen molar-refractivity contribution < 1.29 is 19.7 Å². The van der Waals surface area contributed by atoms with Crippen LogP contribution in [0, 0.1) is 5.92 Å². The largest absolute Gasteiger partial charge is 0.493 e. The van der Waals surface area contributed by atoms with Gasteiger partial charge < -0.3 is 14.9 Å². The van der Waals surface area contributed by atoms with Gasteiger partial charge in [-0.25, -0.2) is 4.79 Å². The monoisotopic (exact) mass is 238 g/mol. The first-order valence-electron chi connectivity index (χ1n) is 5.61. The smallest absolute Gasteiger partial charge is 0.332 e. The third-order valence-electron chi connectivity index (χ3n) is 2.20. The topological polar surface area (TPSA) is 66.8 Å². The van der Waals surface area contributed by atoms with Crippen molar-refractivity contribution in [2.75, 3.05) is 6.61 Å². The molecule has 0 aliphatic carbocycles. The lowest BCUT2D eigenvalue weighted by Crippen LogP contribution is -2.21. The zero-order valence-electron chi connectivity index (χ0n) is 10.1. The van der Waals surface area contributed by atoms with E-state index in [1.807, 2.05) is 6.07 Å². The zero-order valence-corrected chi connectivity index (χ0v) is 10.1. The molecule has 17 heavy (non-hydrogen) atoms. The van der Waals surface area contributed by atoms with Crippen molar-refractivity contribution in [2.45, 2.75) is 26.4 Å². The molecule has 0 amide bonds. The van der Waals surface area contributed by atoms with Crippen molar-refractivity contribution in [3.05, 3.63) is 29.8 Å². The van der Waals surface area contributed by atoms with E-state index in [9.17, 15) is 9.90 Å². The summed E-state index contributed by atoms with van der Waals surface area (Å²) in [6, 6.07) is 7.14. The molecule has 0 heterocycles. The van der Waals surface area contributed by atoms with Crippen LogP contribution in [0.4, 0.5) is 0 Å². The number of hydrogen-bond acceptors (Lipinski definition) is 3. The highest BCUT2D eigenvalue weighted by Gasteiger charge is 2.13. The van der Waals surface area contributed by atoms with Gasteiger partial charge in [0.1, 0.15) is 5.75 Å². The average molecular weight is 238 g/mol. The van der Waals surface area contributed by atoms with E-state index >= 15 is 0 Å². The van der Waals surface area contributed by atoms with Crippen molar-refractivity contribution in [3.8, 4) is 5.75 Å². The van der Waals surface area contributed by atoms with Crippen LogP contribution < -0.4 is 4.74 Å². The average Bonchev–Trinajstić information content (AvgIpc) is 2.26. The molecule has 1 atom stereocenters. The van der Waals surface area contributed by atoms with Crippen molar-refractivity contribution in [2.24, 2.45) is 5.92 Å². The highest BCUT2D eigenvalue weighted by molar-refractivity contribution is 5.72. The maximum absolute atomic E-state index is 10.5. The second-order valence-electron chi connectivity index (χ2n) is 4.41. The Balaban J connectivity index is 2.62. The van der Waals surface area contributed by atoms with Crippen LogP contribution in [-0.2, 0) is 11.2 Å². The Kier molecular flexibility index (Phi) is 4.97. The van der Waals surface area contributed by atoms with E-state index in [0.29, 0.717) is 18.3 Å². The van der Waals surface area contributed by atoms with E-state index in [1.165, 1.54) is 0 Å². The summed E-state index contributed by atoms with van der Waals surface area (Å²) in [4.78, 5) is 10.5. The summed E-state index contributed by atoms with van der Waals surface area (Å²) in [7, 11) is 0. The van der Waals surface area contributed by atoms with Crippen molar-refractivity contribution >= 4 is 5.97 Å². The number of aliphatic hydroxyl groups excluding tert-OH is 1. The van der Waals surface area contributed by atoms with Crippen molar-refractivity contribution in [3.63, 3.8) is 0 Å². The summed E-state index contributed by atoms with van der Waals surface area (Å²) in [6.07, 6.45) is -1.27. The Morgan fingerprint density at radius 1 is 1.41 bits per heavy atom. The fourth-order valence-electron chi connectivity index (χ4n) is 1.34. The second kappa shape index (κ2) is 6.25. The summed E-state index contributed by atoms with van der Waals surface area (Å²) < 4.78 is 5.52. The molecule has 1 aromatic rings. The van der Waals surface area contributed by atoms with Crippen LogP contribution in [0.5, 0.6) is 5.75 Å². The predicted octanol–water partition coefficient (Wildman–Crippen LogP) is 1.71. The number of carboxylic acids is 1. The highest BCUT2D eigenvalue weighted by atomic mass is 16.5. The van der Waals surface area contributed by atoms with Crippen LogP contribution in [0.25, 0.3) is 0 Å². The van der Waals surface area contributed by atoms with E-state index in [4.69, 9.17) is 9.84 Å². The Bertz CT molecular complexity index is 373. The maximum Gasteiger partial charge on any atom is 0.332 e. The fourth-order valence-corrected chi connectivity index (χ4v) is 1.34. The third-order valence-corrected chi connectivity index (χ3v) is 2.20. The summed E-state index contributed by atoms with van der Waals surface area (Å²) in [6.45, 7) is 4.72. The molecule has 4 heteroatoms. The predicted molar refractivity (Wildman–Crippen MR) is 64.1 cm³/mol. The van der Waals surface area contributed by atoms with Gasteiger partial charge in [-0.1, -0.05) is 26.0 Å². The number of hydrogen-bond donors (Lipinski definition) is 2. The molecule has 0 fully saturated rings. The second-order valence-corrected chi connectivity index (χ2v) is 4.41. The molecular weight excluding hydrogens is 220 g/mol. The number of aliphatic hydroxyl groups is 1. The van der Waals surface area contributed by atoms with Gasteiger partial charge in [0, 0.05) is 6.42 Å². The van der Waals surface area contributed by atoms with Gasteiger partial charge in [0.25, 0.3) is 0 Å². The lowest BCUT2D eigenvalue weighted by atomic mass is 10.1. The van der Waals surface area contributed by atoms with Gasteiger partial charge in [-0.2, -0.15) is 0 Å². The van der Waals surface area contributed by atoms with Gasteiger partial charge in [-0.05, 0) is 23.6 Å². The Hall–Kier alpha value is -1.55. The fraction of sp³-hybridized carbons (Fsp3) is 0.462. The number of carbonyl (C=O) groups is 1. The van der Waals surface area contributed by atoms with Gasteiger partial charge in [-0.15, -0.1) is 0 Å². The van der Waals surface area contributed by atoms with E-state index < -0.39 is 12.1 Å². The standard InChI is InChI=1S/C13H18O4/c1-9(2)8-17-11-5-3-4-10(6-11)7-12(14)13(15)16/h3-6,9,12,14H,7-8H2,1-2H3,(H,15,16). The summed E-state index contributed by atoms with van der Waals surface area (Å²) in [5, 5.41) is 17.9. The molecule has 0 aromatic heterocycles. The zero-order chi connectivity index (χ0) is 12.8. The summed E-state index contributed by atoms with van der Waals surface area (Å²) in [5.74, 6) is -0.0736. The van der Waals surface area contributed by atoms with Crippen LogP contribution in [0.2, 0.25) is 0 Å². The highest BCUT2D eigenvalue weighted by Crippen LogP contribution is 2.15. The first-order chi connectivity index (χ1) is 7.99. The molecule has 4 nitrogen and oxygen atoms in total. The molecule has 0 saturated heterocycles. The molecule has 1 unspecified atom stereocenters. The molecule has 2 N–H and O–H groups in total. The van der Waals surface area contributed by atoms with Crippen molar-refractivity contribution in [1.82, 2.24) is 0 Å². The summed E-state index contributed by atoms with van der Waals surface area (Å²) >= 11 is 0. The minimum Gasteiger partial charge on any atom is -0.493 e. The molecule has 0 spiro atoms. The third kappa shape index (κ3) is 4.87. The van der Waals surface area contributed by atoms with Gasteiger partial charge in [0.05, 0.1) is 6.61 Å². The molecule has 1 aromatic carbocycles. The van der Waals surface area contributed by atoms with Gasteiger partial charge in [0.2, 0.25) is 0 Å². The van der Waals surface area contributed by atoms with Crippen LogP contribution >= 0.6 is 0 Å². The summed E-state index contributed by atoms with van der Waals surface area (Å²) in [5.41, 5.74) is 0.751. The molecule has 0 aliphatic heterocycles. The van der Waals surface area contributed by atoms with E-state index in [1.54, 1.807) is 18.2 Å². The molecule has 0 bridgehead atoms. The number of benzene rings is 1. The first kappa shape index (κ1) is 13.5. The normalized spacial score (nSPS) is 12.5. The number of rotatable bonds is 6. The minimum absolute atomic E-state index is 0.0915. The maximum atomic E-state index is 10.5. The molecule has 94 valence electrons. The quantitative estimate of drug-likeness (QED) is 0.791. The number of ether oxygens (including phenoxy) is 1. The SMILES string of the molecule is CC(C)COc1cccc(CC(O)C(=O)O)c1. The molecule has 0 aliphatic rings. The molecule has 1 rings (SSSR count). The van der Waals surface area contributed by atoms with Crippen LogP contribution in [-0.4, -0.2) is 28.9 Å². The lowest BCUT2D eigenvalue weighted by molar-refractivity contribution is -0.146. The van der Waals surface area contributed by atoms with E-state index in [2.05, 4.69) is 13.8 Å². The Labute approximate surface area is 101 Å². The minimum atomic E-state index is -1.37. The van der Waals surface area contributed by atoms with E-state index in [-0.39, 0.29) is 6.42 Å². The molecule has 0 radical (unpaired) electrons. The van der Waals surface area contributed by atoms with Crippen LogP contribution in [0.1, 0.15) is 19.4 Å². The van der Waals surface area contributed by atoms with Crippen LogP contribution in [0.3, 0.4) is 0 Å². The number of aliphatic carboxylic acids is 1. The first-order valence-corrected chi connectivity index (χ1v) is 5.61. The van der Waals surface area contributed by atoms with Crippen molar-refractivity contribution in [1.29, 1.82) is 0 Å². The number of carboxylic acid groups (broad SMARTS) is 1. The van der Waals surface area contributed by atoms with Gasteiger partial charge >= 0.3 is 5.97 Å². The molecule has 0 saturated carbocycles. The Morgan fingerprint density at radius 2 is 2.12 bits per heavy atom. The van der Waals surface area contributed by atoms with E-state index in [0.717, 1.165) is 5.56 Å². The Morgan fingerprint density at radius 3 is 2.71 bits per heavy atom. The van der Waals surface area contributed by atoms with Gasteiger partial charge in [-0.3, -0.25) is 0 Å².